The fourth-order valence-electron chi connectivity index (χ4n) is 2.94. The summed E-state index contributed by atoms with van der Waals surface area (Å²) in [5, 5.41) is 2.52. The second-order valence-electron chi connectivity index (χ2n) is 5.55. The molecule has 1 aliphatic rings. The summed E-state index contributed by atoms with van der Waals surface area (Å²) in [6, 6.07) is 2.45. The van der Waals surface area contributed by atoms with E-state index < -0.39 is 17.6 Å². The highest BCUT2D eigenvalue weighted by Gasteiger charge is 2.35. The highest BCUT2D eigenvalue weighted by atomic mass is 19.4. The molecule has 0 unspecified atom stereocenters. The zero-order valence-electron chi connectivity index (χ0n) is 11.9. The molecule has 0 spiro atoms. The zero-order chi connectivity index (χ0) is 16.3. The van der Waals surface area contributed by atoms with Crippen LogP contribution in [0.2, 0.25) is 0 Å². The third-order valence-electron chi connectivity index (χ3n) is 4.13. The van der Waals surface area contributed by atoms with Gasteiger partial charge in [-0.05, 0) is 43.0 Å². The van der Waals surface area contributed by atoms with Gasteiger partial charge in [-0.25, -0.2) is 4.39 Å². The molecule has 3 nitrogen and oxygen atoms in total. The Hall–Kier alpha value is -1.63. The summed E-state index contributed by atoms with van der Waals surface area (Å²) >= 11 is 0. The van der Waals surface area contributed by atoms with Crippen molar-refractivity contribution in [2.75, 3.05) is 6.54 Å². The number of benzene rings is 1. The van der Waals surface area contributed by atoms with E-state index in [1.807, 2.05) is 0 Å². The average Bonchev–Trinajstić information content (AvgIpc) is 2.93. The van der Waals surface area contributed by atoms with Crippen molar-refractivity contribution in [1.29, 1.82) is 0 Å². The minimum absolute atomic E-state index is 0.0790. The molecule has 1 saturated carbocycles. The predicted molar refractivity (Wildman–Crippen MR) is 73.1 cm³/mol. The Morgan fingerprint density at radius 3 is 2.68 bits per heavy atom. The van der Waals surface area contributed by atoms with Gasteiger partial charge in [-0.3, -0.25) is 4.79 Å². The maximum atomic E-state index is 13.0. The van der Waals surface area contributed by atoms with Crippen LogP contribution >= 0.6 is 0 Å². The molecule has 3 N–H and O–H groups in total. The van der Waals surface area contributed by atoms with Crippen LogP contribution < -0.4 is 11.1 Å². The van der Waals surface area contributed by atoms with Gasteiger partial charge in [0.05, 0.1) is 5.56 Å². The van der Waals surface area contributed by atoms with Crippen LogP contribution in [0.5, 0.6) is 0 Å². The highest BCUT2D eigenvalue weighted by molar-refractivity contribution is 5.79. The van der Waals surface area contributed by atoms with Crippen LogP contribution in [0.4, 0.5) is 17.6 Å². The molecule has 1 fully saturated rings. The standard InChI is InChI=1S/C15H18F4N2O/c16-11-5-4-10(13(6-11)15(17,18)19)8-21-14(22)12-3-1-2-9(12)7-20/h4-6,9,12H,1-3,7-8,20H2,(H,21,22)/t9-,12-/m1/s1. The van der Waals surface area contributed by atoms with Crippen molar-refractivity contribution < 1.29 is 22.4 Å². The van der Waals surface area contributed by atoms with Crippen molar-refractivity contribution in [3.63, 3.8) is 0 Å². The molecular weight excluding hydrogens is 300 g/mol. The van der Waals surface area contributed by atoms with Gasteiger partial charge in [0, 0.05) is 12.5 Å². The van der Waals surface area contributed by atoms with Gasteiger partial charge in [0.25, 0.3) is 0 Å². The number of alkyl halides is 3. The normalized spacial score (nSPS) is 21.9. The maximum absolute atomic E-state index is 13.0. The first-order valence-electron chi connectivity index (χ1n) is 7.16. The van der Waals surface area contributed by atoms with Gasteiger partial charge in [0.1, 0.15) is 5.82 Å². The first kappa shape index (κ1) is 16.7. The van der Waals surface area contributed by atoms with Crippen LogP contribution in [0, 0.1) is 17.7 Å². The third-order valence-corrected chi connectivity index (χ3v) is 4.13. The van der Waals surface area contributed by atoms with Crippen molar-refractivity contribution in [3.8, 4) is 0 Å². The Labute approximate surface area is 125 Å². The molecule has 122 valence electrons. The number of rotatable bonds is 4. The van der Waals surface area contributed by atoms with Crippen LogP contribution in [0.25, 0.3) is 0 Å². The van der Waals surface area contributed by atoms with E-state index in [0.717, 1.165) is 25.0 Å². The van der Waals surface area contributed by atoms with Gasteiger partial charge in [0.2, 0.25) is 5.91 Å². The fourth-order valence-corrected chi connectivity index (χ4v) is 2.94. The highest BCUT2D eigenvalue weighted by Crippen LogP contribution is 2.33. The quantitative estimate of drug-likeness (QED) is 0.839. The largest absolute Gasteiger partial charge is 0.416 e. The molecular formula is C15H18F4N2O. The molecule has 0 bridgehead atoms. The van der Waals surface area contributed by atoms with Gasteiger partial charge in [0.15, 0.2) is 0 Å². The van der Waals surface area contributed by atoms with E-state index in [1.54, 1.807) is 0 Å². The molecule has 0 aromatic heterocycles. The molecule has 2 rings (SSSR count). The summed E-state index contributed by atoms with van der Waals surface area (Å²) in [6.45, 7) is 0.115. The molecule has 22 heavy (non-hydrogen) atoms. The monoisotopic (exact) mass is 318 g/mol. The van der Waals surface area contributed by atoms with E-state index in [4.69, 9.17) is 5.73 Å². The average molecular weight is 318 g/mol. The van der Waals surface area contributed by atoms with Crippen LogP contribution in [-0.2, 0) is 17.5 Å². The molecule has 1 aromatic carbocycles. The molecule has 0 heterocycles. The van der Waals surface area contributed by atoms with E-state index in [1.165, 1.54) is 0 Å². The lowest BCUT2D eigenvalue weighted by atomic mass is 9.95. The summed E-state index contributed by atoms with van der Waals surface area (Å²) < 4.78 is 51.6. The Bertz CT molecular complexity index is 545. The molecule has 0 saturated heterocycles. The summed E-state index contributed by atoms with van der Waals surface area (Å²) in [4.78, 5) is 12.1. The number of carbonyl (C=O) groups is 1. The Morgan fingerprint density at radius 1 is 1.32 bits per heavy atom. The van der Waals surface area contributed by atoms with Gasteiger partial charge < -0.3 is 11.1 Å². The van der Waals surface area contributed by atoms with E-state index in [0.29, 0.717) is 19.0 Å². The SMILES string of the molecule is NC[C@H]1CCC[C@H]1C(=O)NCc1ccc(F)cc1C(F)(F)F. The molecule has 1 amide bonds. The third kappa shape index (κ3) is 3.76. The minimum Gasteiger partial charge on any atom is -0.352 e. The number of nitrogens with one attached hydrogen (secondary N) is 1. The summed E-state index contributed by atoms with van der Waals surface area (Å²) in [6.07, 6.45) is -2.21. The van der Waals surface area contributed by atoms with E-state index >= 15 is 0 Å². The van der Waals surface area contributed by atoms with Crippen LogP contribution in [0.15, 0.2) is 18.2 Å². The Morgan fingerprint density at radius 2 is 2.05 bits per heavy atom. The number of amides is 1. The topological polar surface area (TPSA) is 55.1 Å². The van der Waals surface area contributed by atoms with Gasteiger partial charge in [-0.15, -0.1) is 0 Å². The van der Waals surface area contributed by atoms with Crippen molar-refractivity contribution >= 4 is 5.91 Å². The molecule has 0 aliphatic heterocycles. The number of carbonyl (C=O) groups excluding carboxylic acids is 1. The Kier molecular flexibility index (Phi) is 5.05. The van der Waals surface area contributed by atoms with Crippen molar-refractivity contribution in [2.24, 2.45) is 17.6 Å². The lowest BCUT2D eigenvalue weighted by Crippen LogP contribution is -2.35. The lowest BCUT2D eigenvalue weighted by Gasteiger charge is -2.18. The number of hydrogen-bond acceptors (Lipinski definition) is 2. The van der Waals surface area contributed by atoms with Crippen LogP contribution in [0.3, 0.4) is 0 Å². The maximum Gasteiger partial charge on any atom is 0.416 e. The Balaban J connectivity index is 2.07. The second-order valence-corrected chi connectivity index (χ2v) is 5.55. The fraction of sp³-hybridized carbons (Fsp3) is 0.533. The van der Waals surface area contributed by atoms with E-state index in [2.05, 4.69) is 5.32 Å². The zero-order valence-corrected chi connectivity index (χ0v) is 11.9. The number of nitrogens with two attached hydrogens (primary N) is 1. The van der Waals surface area contributed by atoms with Crippen molar-refractivity contribution in [3.05, 3.63) is 35.1 Å². The molecule has 1 aromatic rings. The van der Waals surface area contributed by atoms with E-state index in [9.17, 15) is 22.4 Å². The number of halogens is 4. The lowest BCUT2D eigenvalue weighted by molar-refractivity contribution is -0.138. The molecule has 7 heteroatoms. The predicted octanol–water partition coefficient (Wildman–Crippen LogP) is 2.84. The molecule has 2 atom stereocenters. The first-order chi connectivity index (χ1) is 10.3. The summed E-state index contributed by atoms with van der Waals surface area (Å²) in [5.74, 6) is -1.41. The molecule has 0 radical (unpaired) electrons. The van der Waals surface area contributed by atoms with Crippen LogP contribution in [0.1, 0.15) is 30.4 Å². The van der Waals surface area contributed by atoms with Crippen molar-refractivity contribution in [2.45, 2.75) is 32.0 Å². The van der Waals surface area contributed by atoms with Gasteiger partial charge in [-0.1, -0.05) is 12.5 Å². The minimum atomic E-state index is -4.66. The summed E-state index contributed by atoms with van der Waals surface area (Å²) in [7, 11) is 0. The van der Waals surface area contributed by atoms with E-state index in [-0.39, 0.29) is 29.9 Å². The smallest absolute Gasteiger partial charge is 0.352 e. The summed E-state index contributed by atoms with van der Waals surface area (Å²) in [5.41, 5.74) is 4.39. The first-order valence-corrected chi connectivity index (χ1v) is 7.16. The number of hydrogen-bond donors (Lipinski definition) is 2. The van der Waals surface area contributed by atoms with Crippen LogP contribution in [-0.4, -0.2) is 12.5 Å². The second kappa shape index (κ2) is 6.64. The molecule has 1 aliphatic carbocycles. The van der Waals surface area contributed by atoms with Gasteiger partial charge in [-0.2, -0.15) is 13.2 Å². The van der Waals surface area contributed by atoms with Gasteiger partial charge >= 0.3 is 6.18 Å². The van der Waals surface area contributed by atoms with Crippen molar-refractivity contribution in [1.82, 2.24) is 5.32 Å².